The molecule has 2 aromatic rings. The molecule has 1 aromatic carbocycles. The number of hydrogen-bond acceptors (Lipinski definition) is 5. The van der Waals surface area contributed by atoms with Gasteiger partial charge in [-0.1, -0.05) is 23.7 Å². The highest BCUT2D eigenvalue weighted by Gasteiger charge is 2.34. The van der Waals surface area contributed by atoms with Crippen LogP contribution in [-0.4, -0.2) is 53.9 Å². The number of ether oxygens (including phenoxy) is 1. The first kappa shape index (κ1) is 21.1. The Balaban J connectivity index is 1.66. The minimum Gasteiger partial charge on any atom is -0.409 e. The molecule has 2 heterocycles. The molecule has 1 aliphatic rings. The monoisotopic (exact) mass is 435 g/mol. The van der Waals surface area contributed by atoms with E-state index in [4.69, 9.17) is 16.3 Å². The van der Waals surface area contributed by atoms with Crippen LogP contribution in [0.25, 0.3) is 0 Å². The van der Waals surface area contributed by atoms with Crippen LogP contribution in [0.15, 0.2) is 29.6 Å². The highest BCUT2D eigenvalue weighted by molar-refractivity contribution is 7.09. The number of hydrogen-bond donors (Lipinski definition) is 1. The van der Waals surface area contributed by atoms with Crippen LogP contribution in [0.5, 0.6) is 5.75 Å². The third kappa shape index (κ3) is 4.89. The molecule has 1 aliphatic heterocycles. The summed E-state index contributed by atoms with van der Waals surface area (Å²) in [6.45, 7) is 4.72. The van der Waals surface area contributed by atoms with Crippen LogP contribution in [-0.2, 0) is 16.1 Å². The van der Waals surface area contributed by atoms with E-state index in [0.29, 0.717) is 18.0 Å². The summed E-state index contributed by atoms with van der Waals surface area (Å²) < 4.78 is 5.45. The molecule has 0 spiro atoms. The molecule has 3 rings (SSSR count). The molecule has 1 fully saturated rings. The lowest BCUT2D eigenvalue weighted by molar-refractivity contribution is -0.135. The van der Waals surface area contributed by atoms with Gasteiger partial charge in [0.25, 0.3) is 0 Å². The molecule has 154 valence electrons. The van der Waals surface area contributed by atoms with Crippen LogP contribution >= 0.6 is 22.9 Å². The number of carbonyl (C=O) groups is 3. The largest absolute Gasteiger partial charge is 0.415 e. The maximum Gasteiger partial charge on any atom is 0.415 e. The van der Waals surface area contributed by atoms with Crippen molar-refractivity contribution in [3.8, 4) is 5.75 Å². The zero-order valence-electron chi connectivity index (χ0n) is 16.2. The molecule has 1 atom stereocenters. The number of benzene rings is 1. The van der Waals surface area contributed by atoms with Crippen LogP contribution in [0.3, 0.4) is 0 Å². The molecule has 1 saturated heterocycles. The van der Waals surface area contributed by atoms with E-state index in [9.17, 15) is 14.4 Å². The van der Waals surface area contributed by atoms with Gasteiger partial charge >= 0.3 is 6.09 Å². The molecule has 1 N–H and O–H groups in total. The molecule has 7 nitrogen and oxygen atoms in total. The average Bonchev–Trinajstić information content (AvgIpc) is 3.25. The number of nitrogens with one attached hydrogen (secondary N) is 1. The predicted octanol–water partition coefficient (Wildman–Crippen LogP) is 2.98. The van der Waals surface area contributed by atoms with Gasteiger partial charge in [-0.3, -0.25) is 9.59 Å². The minimum absolute atomic E-state index is 0.0519. The molecule has 1 aromatic heterocycles. The quantitative estimate of drug-likeness (QED) is 0.732. The van der Waals surface area contributed by atoms with E-state index in [0.717, 1.165) is 16.0 Å². The first-order chi connectivity index (χ1) is 13.9. The SMILES string of the molecule is Cc1ccc(OC(=O)N2CCN(C=O)C(C(=O)NCc3cccs3)C2)c(Cl)c1C. The summed E-state index contributed by atoms with van der Waals surface area (Å²) in [6.07, 6.45) is 0.0369. The van der Waals surface area contributed by atoms with Crippen molar-refractivity contribution >= 4 is 41.3 Å². The predicted molar refractivity (Wildman–Crippen MR) is 111 cm³/mol. The number of rotatable bonds is 5. The van der Waals surface area contributed by atoms with E-state index in [2.05, 4.69) is 5.32 Å². The number of thiophene rings is 1. The number of amides is 3. The molecule has 1 unspecified atom stereocenters. The maximum absolute atomic E-state index is 12.6. The Morgan fingerprint density at radius 3 is 2.79 bits per heavy atom. The Morgan fingerprint density at radius 1 is 1.31 bits per heavy atom. The van der Waals surface area contributed by atoms with Gasteiger partial charge < -0.3 is 19.9 Å². The minimum atomic E-state index is -0.774. The highest BCUT2D eigenvalue weighted by Crippen LogP contribution is 2.30. The smallest absolute Gasteiger partial charge is 0.409 e. The standard InChI is InChI=1S/C20H22ClN3O4S/c1-13-5-6-17(18(21)14(13)2)28-20(27)23-7-8-24(12-25)16(11-23)19(26)22-10-15-4-3-9-29-15/h3-6,9,12,16H,7-8,10-11H2,1-2H3,(H,22,26). The van der Waals surface area contributed by atoms with Crippen molar-refractivity contribution in [1.82, 2.24) is 15.1 Å². The van der Waals surface area contributed by atoms with E-state index in [1.54, 1.807) is 6.07 Å². The molecule has 0 saturated carbocycles. The summed E-state index contributed by atoms with van der Waals surface area (Å²) in [6, 6.07) is 6.52. The lowest BCUT2D eigenvalue weighted by Gasteiger charge is -2.37. The number of piperazine rings is 1. The third-order valence-corrected chi connectivity index (χ3v) is 6.30. The number of halogens is 1. The lowest BCUT2D eigenvalue weighted by Crippen LogP contribution is -2.59. The fourth-order valence-electron chi connectivity index (χ4n) is 3.02. The summed E-state index contributed by atoms with van der Waals surface area (Å²) in [5, 5.41) is 5.13. The van der Waals surface area contributed by atoms with Gasteiger partial charge in [0, 0.05) is 18.0 Å². The molecular weight excluding hydrogens is 414 g/mol. The van der Waals surface area contributed by atoms with Crippen molar-refractivity contribution in [2.45, 2.75) is 26.4 Å². The zero-order chi connectivity index (χ0) is 21.0. The van der Waals surface area contributed by atoms with Crippen molar-refractivity contribution in [3.63, 3.8) is 0 Å². The highest BCUT2D eigenvalue weighted by atomic mass is 35.5. The van der Waals surface area contributed by atoms with Crippen LogP contribution in [0.2, 0.25) is 5.02 Å². The molecular formula is C20H22ClN3O4S. The molecule has 0 radical (unpaired) electrons. The summed E-state index contributed by atoms with van der Waals surface area (Å²) in [7, 11) is 0. The molecule has 3 amide bonds. The van der Waals surface area contributed by atoms with Crippen molar-refractivity contribution in [2.75, 3.05) is 19.6 Å². The lowest BCUT2D eigenvalue weighted by atomic mass is 10.1. The van der Waals surface area contributed by atoms with Crippen molar-refractivity contribution < 1.29 is 19.1 Å². The average molecular weight is 436 g/mol. The second-order valence-electron chi connectivity index (χ2n) is 6.79. The Morgan fingerprint density at radius 2 is 2.10 bits per heavy atom. The Labute approximate surface area is 178 Å². The number of nitrogens with zero attached hydrogens (tertiary/aromatic N) is 2. The molecule has 9 heteroatoms. The maximum atomic E-state index is 12.6. The second-order valence-corrected chi connectivity index (χ2v) is 8.20. The van der Waals surface area contributed by atoms with Gasteiger partial charge in [-0.2, -0.15) is 0 Å². The van der Waals surface area contributed by atoms with Gasteiger partial charge in [0.05, 0.1) is 18.1 Å². The van der Waals surface area contributed by atoms with Gasteiger partial charge in [0.1, 0.15) is 6.04 Å². The summed E-state index contributed by atoms with van der Waals surface area (Å²) in [5.41, 5.74) is 1.84. The van der Waals surface area contributed by atoms with Crippen LogP contribution < -0.4 is 10.1 Å². The topological polar surface area (TPSA) is 79.0 Å². The van der Waals surface area contributed by atoms with Crippen molar-refractivity contribution in [3.05, 3.63) is 50.7 Å². The van der Waals surface area contributed by atoms with Gasteiger partial charge in [-0.25, -0.2) is 4.79 Å². The van der Waals surface area contributed by atoms with E-state index < -0.39 is 12.1 Å². The normalized spacial score (nSPS) is 16.4. The van der Waals surface area contributed by atoms with Gasteiger partial charge in [0.15, 0.2) is 5.75 Å². The Bertz CT molecular complexity index is 903. The van der Waals surface area contributed by atoms with Crippen molar-refractivity contribution in [1.29, 1.82) is 0 Å². The van der Waals surface area contributed by atoms with E-state index in [-0.39, 0.29) is 31.3 Å². The number of aryl methyl sites for hydroxylation is 1. The first-order valence-corrected chi connectivity index (χ1v) is 10.4. The van der Waals surface area contributed by atoms with E-state index >= 15 is 0 Å². The molecule has 0 aliphatic carbocycles. The fourth-order valence-corrected chi connectivity index (χ4v) is 3.92. The van der Waals surface area contributed by atoms with Crippen LogP contribution in [0.4, 0.5) is 4.79 Å². The summed E-state index contributed by atoms with van der Waals surface area (Å²) >= 11 is 7.82. The van der Waals surface area contributed by atoms with Gasteiger partial charge in [0.2, 0.25) is 12.3 Å². The van der Waals surface area contributed by atoms with E-state index in [1.165, 1.54) is 21.1 Å². The number of carbonyl (C=O) groups excluding carboxylic acids is 3. The van der Waals surface area contributed by atoms with Crippen molar-refractivity contribution in [2.24, 2.45) is 0 Å². The van der Waals surface area contributed by atoms with Crippen LogP contribution in [0, 0.1) is 13.8 Å². The fraction of sp³-hybridized carbons (Fsp3) is 0.350. The molecule has 0 bridgehead atoms. The Hall–Kier alpha value is -2.58. The zero-order valence-corrected chi connectivity index (χ0v) is 17.8. The van der Waals surface area contributed by atoms with Crippen LogP contribution in [0.1, 0.15) is 16.0 Å². The third-order valence-electron chi connectivity index (χ3n) is 4.95. The molecule has 29 heavy (non-hydrogen) atoms. The summed E-state index contributed by atoms with van der Waals surface area (Å²) in [4.78, 5) is 40.5. The summed E-state index contributed by atoms with van der Waals surface area (Å²) in [5.74, 6) is -0.0384. The Kier molecular flexibility index (Phi) is 6.76. The first-order valence-electron chi connectivity index (χ1n) is 9.14. The van der Waals surface area contributed by atoms with E-state index in [1.807, 2.05) is 37.4 Å². The van der Waals surface area contributed by atoms with Gasteiger partial charge in [-0.05, 0) is 42.5 Å². The van der Waals surface area contributed by atoms with Gasteiger partial charge in [-0.15, -0.1) is 11.3 Å². The second kappa shape index (κ2) is 9.28.